The highest BCUT2D eigenvalue weighted by Crippen LogP contribution is 2.18. The molecule has 2 aromatic carbocycles. The van der Waals surface area contributed by atoms with Crippen molar-refractivity contribution in [2.45, 2.75) is 40.7 Å². The van der Waals surface area contributed by atoms with Gasteiger partial charge in [-0.15, -0.1) is 0 Å². The van der Waals surface area contributed by atoms with Crippen LogP contribution in [-0.4, -0.2) is 24.5 Å². The Bertz CT molecular complexity index is 798. The van der Waals surface area contributed by atoms with Crippen molar-refractivity contribution in [2.75, 3.05) is 11.9 Å². The second-order valence-corrected chi connectivity index (χ2v) is 6.96. The largest absolute Gasteiger partial charge is 0.494 e. The van der Waals surface area contributed by atoms with Crippen LogP contribution < -0.4 is 15.4 Å². The van der Waals surface area contributed by atoms with E-state index in [2.05, 4.69) is 10.6 Å². The first-order chi connectivity index (χ1) is 12.8. The highest BCUT2D eigenvalue weighted by molar-refractivity contribution is 6.01. The fourth-order valence-corrected chi connectivity index (χ4v) is 2.79. The van der Waals surface area contributed by atoms with E-state index in [0.717, 1.165) is 16.8 Å². The fraction of sp³-hybridized carbons (Fsp3) is 0.364. The third kappa shape index (κ3) is 5.58. The van der Waals surface area contributed by atoms with Crippen LogP contribution in [0.15, 0.2) is 42.5 Å². The molecule has 0 aliphatic carbocycles. The average Bonchev–Trinajstić information content (AvgIpc) is 2.62. The summed E-state index contributed by atoms with van der Waals surface area (Å²) in [5.41, 5.74) is 3.37. The first kappa shape index (κ1) is 20.5. The Morgan fingerprint density at radius 2 is 1.70 bits per heavy atom. The van der Waals surface area contributed by atoms with Gasteiger partial charge >= 0.3 is 0 Å². The van der Waals surface area contributed by atoms with E-state index in [1.165, 1.54) is 0 Å². The molecule has 0 radical (unpaired) electrons. The zero-order valence-corrected chi connectivity index (χ0v) is 16.6. The van der Waals surface area contributed by atoms with Gasteiger partial charge in [-0.05, 0) is 62.6 Å². The zero-order valence-electron chi connectivity index (χ0n) is 16.6. The molecular formula is C22H28N2O3. The number of carbonyl (C=O) groups excluding carboxylic acids is 2. The Morgan fingerprint density at radius 3 is 2.26 bits per heavy atom. The van der Waals surface area contributed by atoms with E-state index in [-0.39, 0.29) is 17.7 Å². The van der Waals surface area contributed by atoms with Gasteiger partial charge in [-0.3, -0.25) is 9.59 Å². The van der Waals surface area contributed by atoms with Crippen LogP contribution in [-0.2, 0) is 4.79 Å². The molecular weight excluding hydrogens is 340 g/mol. The molecule has 27 heavy (non-hydrogen) atoms. The van der Waals surface area contributed by atoms with E-state index < -0.39 is 6.04 Å². The minimum Gasteiger partial charge on any atom is -0.494 e. The van der Waals surface area contributed by atoms with Gasteiger partial charge in [-0.2, -0.15) is 0 Å². The monoisotopic (exact) mass is 368 g/mol. The molecule has 5 heteroatoms. The molecule has 0 saturated carbocycles. The first-order valence-corrected chi connectivity index (χ1v) is 9.23. The van der Waals surface area contributed by atoms with Gasteiger partial charge < -0.3 is 15.4 Å². The fourth-order valence-electron chi connectivity index (χ4n) is 2.79. The van der Waals surface area contributed by atoms with Crippen LogP contribution in [0.25, 0.3) is 0 Å². The number of hydrogen-bond acceptors (Lipinski definition) is 3. The molecule has 0 aliphatic rings. The van der Waals surface area contributed by atoms with Gasteiger partial charge in [0.1, 0.15) is 11.8 Å². The molecule has 2 aromatic rings. The minimum atomic E-state index is -0.634. The Morgan fingerprint density at radius 1 is 1.04 bits per heavy atom. The zero-order chi connectivity index (χ0) is 20.0. The number of rotatable bonds is 7. The molecule has 0 bridgehead atoms. The first-order valence-electron chi connectivity index (χ1n) is 9.23. The van der Waals surface area contributed by atoms with Crippen LogP contribution in [0.1, 0.15) is 42.3 Å². The number of carbonyl (C=O) groups is 2. The lowest BCUT2D eigenvalue weighted by molar-refractivity contribution is -0.118. The number of amides is 2. The summed E-state index contributed by atoms with van der Waals surface area (Å²) in [5, 5.41) is 5.77. The second-order valence-electron chi connectivity index (χ2n) is 6.96. The molecule has 5 nitrogen and oxygen atoms in total. The van der Waals surface area contributed by atoms with E-state index in [1.807, 2.05) is 52.8 Å². The molecule has 2 N–H and O–H groups in total. The van der Waals surface area contributed by atoms with Gasteiger partial charge in [0.25, 0.3) is 5.91 Å². The van der Waals surface area contributed by atoms with Crippen LogP contribution in [0.5, 0.6) is 5.75 Å². The van der Waals surface area contributed by atoms with Crippen molar-refractivity contribution < 1.29 is 14.3 Å². The van der Waals surface area contributed by atoms with Gasteiger partial charge in [0, 0.05) is 11.3 Å². The normalized spacial score (nSPS) is 11.8. The van der Waals surface area contributed by atoms with Crippen molar-refractivity contribution in [3.8, 4) is 5.75 Å². The van der Waals surface area contributed by atoms with Gasteiger partial charge in [0.15, 0.2) is 0 Å². The maximum Gasteiger partial charge on any atom is 0.251 e. The number of aryl methyl sites for hydroxylation is 2. The standard InChI is InChI=1S/C22H28N2O3/c1-6-27-18-10-8-17(9-11-18)21(25)24-20(14(2)3)22(26)23-19-12-7-15(4)13-16(19)5/h7-14,20H,6H2,1-5H3,(H,23,26)(H,24,25). The lowest BCUT2D eigenvalue weighted by Crippen LogP contribution is -2.47. The SMILES string of the molecule is CCOc1ccc(C(=O)NC(C(=O)Nc2ccc(C)cc2C)C(C)C)cc1. The molecule has 0 fully saturated rings. The topological polar surface area (TPSA) is 67.4 Å². The van der Waals surface area contributed by atoms with Crippen LogP contribution in [0.3, 0.4) is 0 Å². The Labute approximate surface area is 161 Å². The molecule has 0 heterocycles. The molecule has 2 rings (SSSR count). The van der Waals surface area contributed by atoms with Crippen molar-refractivity contribution in [2.24, 2.45) is 5.92 Å². The average molecular weight is 368 g/mol. The highest BCUT2D eigenvalue weighted by Gasteiger charge is 2.25. The molecule has 1 atom stereocenters. The number of benzene rings is 2. The van der Waals surface area contributed by atoms with E-state index in [9.17, 15) is 9.59 Å². The highest BCUT2D eigenvalue weighted by atomic mass is 16.5. The summed E-state index contributed by atoms with van der Waals surface area (Å²) in [5.74, 6) is 0.146. The maximum atomic E-state index is 12.8. The number of nitrogens with one attached hydrogen (secondary N) is 2. The van der Waals surface area contributed by atoms with Crippen LogP contribution in [0.4, 0.5) is 5.69 Å². The van der Waals surface area contributed by atoms with Crippen LogP contribution in [0, 0.1) is 19.8 Å². The summed E-state index contributed by atoms with van der Waals surface area (Å²) in [6.07, 6.45) is 0. The third-order valence-electron chi connectivity index (χ3n) is 4.30. The molecule has 2 amide bonds. The molecule has 0 aromatic heterocycles. The summed E-state index contributed by atoms with van der Waals surface area (Å²) < 4.78 is 5.39. The second kappa shape index (κ2) is 9.21. The number of ether oxygens (including phenoxy) is 1. The van der Waals surface area contributed by atoms with Crippen LogP contribution in [0.2, 0.25) is 0 Å². The van der Waals surface area contributed by atoms with Crippen LogP contribution >= 0.6 is 0 Å². The maximum absolute atomic E-state index is 12.8. The molecule has 0 saturated heterocycles. The lowest BCUT2D eigenvalue weighted by atomic mass is 10.0. The minimum absolute atomic E-state index is 0.0533. The number of anilines is 1. The Balaban J connectivity index is 2.09. The summed E-state index contributed by atoms with van der Waals surface area (Å²) in [6, 6.07) is 12.1. The van der Waals surface area contributed by atoms with Crippen molar-refractivity contribution in [1.29, 1.82) is 0 Å². The number of hydrogen-bond donors (Lipinski definition) is 2. The van der Waals surface area contributed by atoms with Crippen molar-refractivity contribution >= 4 is 17.5 Å². The Hall–Kier alpha value is -2.82. The summed E-state index contributed by atoms with van der Waals surface area (Å²) in [4.78, 5) is 25.3. The lowest BCUT2D eigenvalue weighted by Gasteiger charge is -2.22. The van der Waals surface area contributed by atoms with Crippen molar-refractivity contribution in [3.63, 3.8) is 0 Å². The third-order valence-corrected chi connectivity index (χ3v) is 4.30. The van der Waals surface area contributed by atoms with E-state index >= 15 is 0 Å². The summed E-state index contributed by atoms with van der Waals surface area (Å²) in [6.45, 7) is 10.2. The van der Waals surface area contributed by atoms with E-state index in [4.69, 9.17) is 4.74 Å². The molecule has 144 valence electrons. The van der Waals surface area contributed by atoms with Gasteiger partial charge in [0.05, 0.1) is 6.61 Å². The quantitative estimate of drug-likeness (QED) is 0.773. The van der Waals surface area contributed by atoms with E-state index in [1.54, 1.807) is 24.3 Å². The van der Waals surface area contributed by atoms with Gasteiger partial charge in [-0.25, -0.2) is 0 Å². The van der Waals surface area contributed by atoms with Gasteiger partial charge in [0.2, 0.25) is 5.91 Å². The summed E-state index contributed by atoms with van der Waals surface area (Å²) in [7, 11) is 0. The van der Waals surface area contributed by atoms with Crippen molar-refractivity contribution in [1.82, 2.24) is 5.32 Å². The predicted octanol–water partition coefficient (Wildman–Crippen LogP) is 4.10. The van der Waals surface area contributed by atoms with E-state index in [0.29, 0.717) is 17.9 Å². The van der Waals surface area contributed by atoms with Gasteiger partial charge in [-0.1, -0.05) is 31.5 Å². The molecule has 0 spiro atoms. The molecule has 1 unspecified atom stereocenters. The Kier molecular flexibility index (Phi) is 6.99. The molecule has 0 aliphatic heterocycles. The smallest absolute Gasteiger partial charge is 0.251 e. The predicted molar refractivity (Wildman–Crippen MR) is 108 cm³/mol. The summed E-state index contributed by atoms with van der Waals surface area (Å²) >= 11 is 0. The van der Waals surface area contributed by atoms with Crippen molar-refractivity contribution in [3.05, 3.63) is 59.2 Å².